The summed E-state index contributed by atoms with van der Waals surface area (Å²) in [7, 11) is 2.73. The van der Waals surface area contributed by atoms with Crippen molar-refractivity contribution in [3.63, 3.8) is 0 Å². The van der Waals surface area contributed by atoms with E-state index in [0.29, 0.717) is 10.8 Å². The third kappa shape index (κ3) is 7.59. The number of fused-ring (bicyclic) bond motifs is 5. The van der Waals surface area contributed by atoms with Gasteiger partial charge in [-0.1, -0.05) is 54.6 Å². The van der Waals surface area contributed by atoms with Crippen LogP contribution in [-0.4, -0.2) is 43.3 Å². The molecule has 4 aliphatic heterocycles. The molecule has 2 aromatic carbocycles. The Morgan fingerprint density at radius 1 is 0.694 bits per heavy atom. The Morgan fingerprint density at radius 3 is 1.96 bits per heavy atom. The number of carbonyl (C=O) groups is 2. The number of carboxylic acids is 1. The van der Waals surface area contributed by atoms with E-state index < -0.39 is 17.9 Å². The van der Waals surface area contributed by atoms with E-state index >= 15 is 0 Å². The topological polar surface area (TPSA) is 150 Å². The molecule has 8 bridgehead atoms. The average molecular weight is 691 g/mol. The van der Waals surface area contributed by atoms with Crippen LogP contribution in [0.15, 0.2) is 135 Å². The molecule has 7 rings (SSSR count). The quantitative estimate of drug-likeness (QED) is 0.302. The number of rotatable bonds is 3. The molecule has 0 radical (unpaired) electrons. The Morgan fingerprint density at radius 2 is 1.33 bits per heavy atom. The second-order valence-electron chi connectivity index (χ2n) is 10.7. The molecular formula is C38H27MnN4O6. The zero-order chi connectivity index (χ0) is 33.8. The van der Waals surface area contributed by atoms with E-state index in [4.69, 9.17) is 39.3 Å². The van der Waals surface area contributed by atoms with Crippen LogP contribution in [0.4, 0.5) is 0 Å². The Kier molecular flexibility index (Phi) is 10.4. The first-order valence-electron chi connectivity index (χ1n) is 14.8. The van der Waals surface area contributed by atoms with Gasteiger partial charge in [-0.05, 0) is 90.3 Å². The Balaban J connectivity index is 0.000000889. The summed E-state index contributed by atoms with van der Waals surface area (Å²) in [6, 6.07) is 18.4. The molecule has 0 saturated carbocycles. The van der Waals surface area contributed by atoms with Crippen LogP contribution in [0, 0.1) is 0 Å². The summed E-state index contributed by atoms with van der Waals surface area (Å²) in [5, 5.41) is 22.3. The molecule has 0 unspecified atom stereocenters. The zero-order valence-electron chi connectivity index (χ0n) is 26.5. The van der Waals surface area contributed by atoms with Crippen molar-refractivity contribution in [3.05, 3.63) is 153 Å². The van der Waals surface area contributed by atoms with Crippen molar-refractivity contribution < 1.29 is 46.3 Å². The molecule has 3 aromatic rings. The summed E-state index contributed by atoms with van der Waals surface area (Å²) in [6.07, 6.45) is 15.6. The SMILES string of the molecule is CC(=O)[O-].COC(=O)c1ccc(C2=C3C=CC(=N3)C=C3C=CC(=N3)C(=c3ccc(=C([O-])OC)cc3)c3ccc([n-]3)C=C3C=CC2=N3)cc1.[Mn+3]. The fourth-order valence-electron chi connectivity index (χ4n) is 5.33. The molecule has 242 valence electrons. The third-order valence-corrected chi connectivity index (χ3v) is 7.45. The van der Waals surface area contributed by atoms with Gasteiger partial charge >= 0.3 is 23.0 Å². The van der Waals surface area contributed by atoms with Crippen molar-refractivity contribution >= 4 is 52.2 Å². The number of carbonyl (C=O) groups excluding carboxylic acids is 2. The molecule has 0 amide bonds. The van der Waals surface area contributed by atoms with E-state index in [2.05, 4.69) is 0 Å². The van der Waals surface area contributed by atoms with Crippen LogP contribution >= 0.6 is 0 Å². The predicted octanol–water partition coefficient (Wildman–Crippen LogP) is 2.14. The molecular weight excluding hydrogens is 663 g/mol. The summed E-state index contributed by atoms with van der Waals surface area (Å²) in [5.41, 5.74) is 8.99. The van der Waals surface area contributed by atoms with Crippen LogP contribution in [0.25, 0.3) is 23.2 Å². The van der Waals surface area contributed by atoms with Gasteiger partial charge in [0.25, 0.3) is 0 Å². The maximum absolute atomic E-state index is 12.0. The maximum atomic E-state index is 12.0. The summed E-state index contributed by atoms with van der Waals surface area (Å²) in [5.74, 6) is -1.87. The second-order valence-corrected chi connectivity index (χ2v) is 10.7. The van der Waals surface area contributed by atoms with E-state index in [1.54, 1.807) is 24.3 Å². The number of nitrogens with zero attached hydrogens (tertiary/aromatic N) is 4. The largest absolute Gasteiger partial charge is 3.00 e. The summed E-state index contributed by atoms with van der Waals surface area (Å²) in [6.45, 7) is 0.972. The smallest absolute Gasteiger partial charge is 0.657 e. The Hall–Kier alpha value is -6.03. The van der Waals surface area contributed by atoms with Crippen LogP contribution in [0.3, 0.4) is 0 Å². The summed E-state index contributed by atoms with van der Waals surface area (Å²) >= 11 is 0. The fourth-order valence-corrected chi connectivity index (χ4v) is 5.33. The van der Waals surface area contributed by atoms with E-state index in [1.165, 1.54) is 14.2 Å². The molecule has 0 spiro atoms. The van der Waals surface area contributed by atoms with Crippen LogP contribution in [-0.2, 0) is 31.3 Å². The minimum atomic E-state index is -1.08. The van der Waals surface area contributed by atoms with Crippen LogP contribution < -0.4 is 25.6 Å². The fraction of sp³-hybridized carbons (Fsp3) is 0.0789. The van der Waals surface area contributed by atoms with E-state index in [-0.39, 0.29) is 17.1 Å². The van der Waals surface area contributed by atoms with Crippen molar-refractivity contribution in [1.29, 1.82) is 0 Å². The molecule has 0 N–H and O–H groups in total. The molecule has 0 atom stereocenters. The van der Waals surface area contributed by atoms with Gasteiger partial charge in [0.2, 0.25) is 0 Å². The van der Waals surface area contributed by atoms with Gasteiger partial charge in [0.05, 0.1) is 52.8 Å². The van der Waals surface area contributed by atoms with E-state index in [1.807, 2.05) is 85.0 Å². The van der Waals surface area contributed by atoms with Crippen LogP contribution in [0.5, 0.6) is 0 Å². The zero-order valence-corrected chi connectivity index (χ0v) is 27.7. The van der Waals surface area contributed by atoms with Gasteiger partial charge in [0, 0.05) is 11.5 Å². The minimum absolute atomic E-state index is 0. The number of aliphatic imine (C=N–C) groups is 3. The number of benzene rings is 2. The van der Waals surface area contributed by atoms with Gasteiger partial charge < -0.3 is 29.5 Å². The minimum Gasteiger partial charge on any atom is -0.657 e. The standard InChI is InChI=1S/C36H26N4O4.C2H4O2.Mn/c1-43-35(41)23-7-3-21(4-8-23)33-29-15-11-25(37-29)19-27-13-17-31(39-27)34(22-5-9-24(10-6-22)36(42)44-2)32-18-14-28(40-32)20-26-12-16-30(33)38-26;1-2(3)4;/h3-20H,1-2H3,(H2,37,38,39,40,41,42);1H3,(H,3,4);/q;;+3/p-3. The number of hydrogen-bond donors (Lipinski definition) is 0. The molecule has 11 heteroatoms. The molecule has 0 fully saturated rings. The van der Waals surface area contributed by atoms with Crippen LogP contribution in [0.2, 0.25) is 0 Å². The summed E-state index contributed by atoms with van der Waals surface area (Å²) < 4.78 is 9.73. The Labute approximate surface area is 292 Å². The number of allylic oxidation sites excluding steroid dienone is 8. The maximum Gasteiger partial charge on any atom is 3.00 e. The molecule has 49 heavy (non-hydrogen) atoms. The van der Waals surface area contributed by atoms with Gasteiger partial charge in [-0.15, -0.1) is 11.4 Å². The molecule has 0 saturated heterocycles. The molecule has 10 nitrogen and oxygen atoms in total. The summed E-state index contributed by atoms with van der Waals surface area (Å²) in [4.78, 5) is 40.6. The molecule has 0 aliphatic carbocycles. The first-order chi connectivity index (χ1) is 23.2. The number of aromatic nitrogens is 1. The van der Waals surface area contributed by atoms with Crippen molar-refractivity contribution in [1.82, 2.24) is 4.98 Å². The van der Waals surface area contributed by atoms with Gasteiger partial charge in [-0.2, -0.15) is 0 Å². The predicted molar refractivity (Wildman–Crippen MR) is 180 cm³/mol. The van der Waals surface area contributed by atoms with Gasteiger partial charge in [0.15, 0.2) is 0 Å². The van der Waals surface area contributed by atoms with E-state index in [9.17, 15) is 9.90 Å². The van der Waals surface area contributed by atoms with Gasteiger partial charge in [-0.3, -0.25) is 0 Å². The number of ether oxygens (including phenoxy) is 2. The number of aliphatic carboxylic acids is 1. The molecule has 5 heterocycles. The first-order valence-corrected chi connectivity index (χ1v) is 14.8. The number of hydrogen-bond acceptors (Lipinski definition) is 9. The van der Waals surface area contributed by atoms with Crippen LogP contribution in [0.1, 0.15) is 34.2 Å². The third-order valence-electron chi connectivity index (χ3n) is 7.45. The van der Waals surface area contributed by atoms with Crippen molar-refractivity contribution in [2.24, 2.45) is 15.0 Å². The monoisotopic (exact) mass is 690 g/mol. The van der Waals surface area contributed by atoms with Gasteiger partial charge in [-0.25, -0.2) is 19.8 Å². The van der Waals surface area contributed by atoms with Gasteiger partial charge in [0.1, 0.15) is 0 Å². The average Bonchev–Trinajstić information content (AvgIpc) is 3.91. The molecule has 4 aliphatic rings. The number of methoxy groups -OCH3 is 2. The normalized spacial score (nSPS) is 15.2. The van der Waals surface area contributed by atoms with Crippen molar-refractivity contribution in [2.75, 3.05) is 14.2 Å². The number of esters is 1. The first kappa shape index (κ1) is 34.3. The van der Waals surface area contributed by atoms with Crippen molar-refractivity contribution in [3.8, 4) is 0 Å². The van der Waals surface area contributed by atoms with Crippen molar-refractivity contribution in [2.45, 2.75) is 6.92 Å². The Bertz CT molecular complexity index is 2230. The molecule has 1 aromatic heterocycles. The van der Waals surface area contributed by atoms with E-state index in [0.717, 1.165) is 74.5 Å². The second kappa shape index (κ2) is 14.8. The number of carboxylic acid groups (broad SMARTS) is 1.